The Morgan fingerprint density at radius 1 is 1.24 bits per heavy atom. The van der Waals surface area contributed by atoms with Gasteiger partial charge in [0, 0.05) is 18.1 Å². The van der Waals surface area contributed by atoms with Crippen LogP contribution >= 0.6 is 0 Å². The maximum absolute atomic E-state index is 4.21. The quantitative estimate of drug-likeness (QED) is 0.847. The van der Waals surface area contributed by atoms with E-state index < -0.39 is 0 Å². The second-order valence-corrected chi connectivity index (χ2v) is 5.19. The summed E-state index contributed by atoms with van der Waals surface area (Å²) in [6.45, 7) is 7.39. The Morgan fingerprint density at radius 2 is 2.00 bits per heavy atom. The van der Waals surface area contributed by atoms with Gasteiger partial charge in [0.15, 0.2) is 0 Å². The van der Waals surface area contributed by atoms with Crippen molar-refractivity contribution in [2.24, 2.45) is 0 Å². The van der Waals surface area contributed by atoms with Crippen molar-refractivity contribution in [1.82, 2.24) is 9.97 Å². The lowest BCUT2D eigenvalue weighted by molar-refractivity contribution is 0.591. The van der Waals surface area contributed by atoms with E-state index in [0.29, 0.717) is 0 Å². The molecular formula is C14H19N3. The second-order valence-electron chi connectivity index (χ2n) is 5.19. The Hall–Kier alpha value is -1.77. The van der Waals surface area contributed by atoms with Crippen molar-refractivity contribution in [2.45, 2.75) is 32.7 Å². The Bertz CT molecular complexity index is 466. The van der Waals surface area contributed by atoms with E-state index in [0.717, 1.165) is 12.4 Å². The standard InChI is InChI=1S/C14H19N3/c1-14(2,3)11-6-4-5-7-12(11)17-10-13-15-8-9-16-13/h4-9,17H,10H2,1-3H3,(H,15,16). The minimum atomic E-state index is 0.146. The molecule has 90 valence electrons. The van der Waals surface area contributed by atoms with Crippen LogP contribution in [0.3, 0.4) is 0 Å². The SMILES string of the molecule is CC(C)(C)c1ccccc1NCc1ncc[nH]1. The first-order chi connectivity index (χ1) is 8.07. The van der Waals surface area contributed by atoms with Crippen molar-refractivity contribution in [1.29, 1.82) is 0 Å². The number of hydrogen-bond acceptors (Lipinski definition) is 2. The number of hydrogen-bond donors (Lipinski definition) is 2. The molecule has 0 saturated carbocycles. The molecule has 2 N–H and O–H groups in total. The van der Waals surface area contributed by atoms with Crippen LogP contribution in [-0.4, -0.2) is 9.97 Å². The van der Waals surface area contributed by atoms with Crippen molar-refractivity contribution in [3.05, 3.63) is 48.0 Å². The van der Waals surface area contributed by atoms with E-state index in [1.54, 1.807) is 6.20 Å². The van der Waals surface area contributed by atoms with E-state index >= 15 is 0 Å². The fourth-order valence-electron chi connectivity index (χ4n) is 1.86. The zero-order valence-corrected chi connectivity index (χ0v) is 10.6. The van der Waals surface area contributed by atoms with Crippen molar-refractivity contribution >= 4 is 5.69 Å². The molecule has 17 heavy (non-hydrogen) atoms. The van der Waals surface area contributed by atoms with Gasteiger partial charge in [0.2, 0.25) is 0 Å². The maximum atomic E-state index is 4.21. The highest BCUT2D eigenvalue weighted by Crippen LogP contribution is 2.29. The van der Waals surface area contributed by atoms with Gasteiger partial charge >= 0.3 is 0 Å². The minimum absolute atomic E-state index is 0.146. The molecule has 0 radical (unpaired) electrons. The fourth-order valence-corrected chi connectivity index (χ4v) is 1.86. The Morgan fingerprint density at radius 3 is 2.65 bits per heavy atom. The lowest BCUT2D eigenvalue weighted by Gasteiger charge is -2.23. The zero-order valence-electron chi connectivity index (χ0n) is 10.6. The second kappa shape index (κ2) is 4.62. The molecule has 3 heteroatoms. The number of aromatic nitrogens is 2. The van der Waals surface area contributed by atoms with Crippen LogP contribution in [0.15, 0.2) is 36.7 Å². The van der Waals surface area contributed by atoms with Crippen LogP contribution in [0.2, 0.25) is 0 Å². The lowest BCUT2D eigenvalue weighted by atomic mass is 9.86. The number of nitrogens with one attached hydrogen (secondary N) is 2. The van der Waals surface area contributed by atoms with Gasteiger partial charge in [-0.2, -0.15) is 0 Å². The third-order valence-electron chi connectivity index (χ3n) is 2.74. The molecule has 0 spiro atoms. The maximum Gasteiger partial charge on any atom is 0.125 e. The van der Waals surface area contributed by atoms with Gasteiger partial charge in [-0.05, 0) is 17.0 Å². The number of H-pyrrole nitrogens is 1. The first kappa shape index (κ1) is 11.7. The largest absolute Gasteiger partial charge is 0.378 e. The number of aromatic amines is 1. The molecule has 0 unspecified atom stereocenters. The van der Waals surface area contributed by atoms with E-state index in [1.807, 2.05) is 6.20 Å². The molecule has 0 amide bonds. The topological polar surface area (TPSA) is 40.7 Å². The van der Waals surface area contributed by atoms with E-state index in [4.69, 9.17) is 0 Å². The van der Waals surface area contributed by atoms with Crippen LogP contribution in [0, 0.1) is 0 Å². The third-order valence-corrected chi connectivity index (χ3v) is 2.74. The van der Waals surface area contributed by atoms with Gasteiger partial charge in [0.1, 0.15) is 5.82 Å². The van der Waals surface area contributed by atoms with Gasteiger partial charge in [-0.15, -0.1) is 0 Å². The van der Waals surface area contributed by atoms with Crippen LogP contribution < -0.4 is 5.32 Å². The molecule has 0 saturated heterocycles. The van der Waals surface area contributed by atoms with Crippen LogP contribution in [0.1, 0.15) is 32.2 Å². The van der Waals surface area contributed by atoms with Gasteiger partial charge in [-0.3, -0.25) is 0 Å². The fraction of sp³-hybridized carbons (Fsp3) is 0.357. The molecule has 1 aromatic heterocycles. The van der Waals surface area contributed by atoms with Gasteiger partial charge in [0.25, 0.3) is 0 Å². The Kier molecular flexibility index (Phi) is 3.18. The average Bonchev–Trinajstić information content (AvgIpc) is 2.78. The van der Waals surface area contributed by atoms with Crippen molar-refractivity contribution in [3.8, 4) is 0 Å². The van der Waals surface area contributed by atoms with Gasteiger partial charge < -0.3 is 10.3 Å². The van der Waals surface area contributed by atoms with E-state index in [2.05, 4.69) is 60.3 Å². The first-order valence-electron chi connectivity index (χ1n) is 5.89. The number of imidazole rings is 1. The van der Waals surface area contributed by atoms with Crippen LogP contribution in [0.25, 0.3) is 0 Å². The summed E-state index contributed by atoms with van der Waals surface area (Å²) in [6, 6.07) is 8.42. The minimum Gasteiger partial charge on any atom is -0.378 e. The monoisotopic (exact) mass is 229 g/mol. The summed E-state index contributed by atoms with van der Waals surface area (Å²) in [4.78, 5) is 7.30. The smallest absolute Gasteiger partial charge is 0.125 e. The van der Waals surface area contributed by atoms with E-state index in [-0.39, 0.29) is 5.41 Å². The number of benzene rings is 1. The summed E-state index contributed by atoms with van der Waals surface area (Å²) in [5, 5.41) is 3.43. The highest BCUT2D eigenvalue weighted by Gasteiger charge is 2.17. The first-order valence-corrected chi connectivity index (χ1v) is 5.89. The summed E-state index contributed by atoms with van der Waals surface area (Å²) in [5.41, 5.74) is 2.65. The van der Waals surface area contributed by atoms with Crippen LogP contribution in [0.5, 0.6) is 0 Å². The molecule has 0 bridgehead atoms. The summed E-state index contributed by atoms with van der Waals surface area (Å²) in [5.74, 6) is 0.953. The summed E-state index contributed by atoms with van der Waals surface area (Å²) in [6.07, 6.45) is 3.61. The zero-order chi connectivity index (χ0) is 12.3. The van der Waals surface area contributed by atoms with Gasteiger partial charge in [-0.1, -0.05) is 39.0 Å². The molecule has 2 aromatic rings. The number of rotatable bonds is 3. The third kappa shape index (κ3) is 2.87. The van der Waals surface area contributed by atoms with Gasteiger partial charge in [0.05, 0.1) is 6.54 Å². The number of anilines is 1. The lowest BCUT2D eigenvalue weighted by Crippen LogP contribution is -2.15. The Balaban J connectivity index is 2.16. The average molecular weight is 229 g/mol. The Labute approximate surface area is 102 Å². The molecule has 1 aromatic carbocycles. The van der Waals surface area contributed by atoms with Crippen molar-refractivity contribution < 1.29 is 0 Å². The molecule has 0 fully saturated rings. The molecule has 0 aliphatic heterocycles. The summed E-state index contributed by atoms with van der Waals surface area (Å²) >= 11 is 0. The molecular weight excluding hydrogens is 210 g/mol. The van der Waals surface area contributed by atoms with Crippen LogP contribution in [0.4, 0.5) is 5.69 Å². The number of nitrogens with zero attached hydrogens (tertiary/aromatic N) is 1. The molecule has 0 atom stereocenters. The molecule has 2 rings (SSSR count). The molecule has 3 nitrogen and oxygen atoms in total. The van der Waals surface area contributed by atoms with E-state index in [9.17, 15) is 0 Å². The number of para-hydroxylation sites is 1. The van der Waals surface area contributed by atoms with Crippen molar-refractivity contribution in [2.75, 3.05) is 5.32 Å². The van der Waals surface area contributed by atoms with Gasteiger partial charge in [-0.25, -0.2) is 4.98 Å². The van der Waals surface area contributed by atoms with Crippen molar-refractivity contribution in [3.63, 3.8) is 0 Å². The normalized spacial score (nSPS) is 11.5. The van der Waals surface area contributed by atoms with E-state index in [1.165, 1.54) is 11.3 Å². The highest BCUT2D eigenvalue weighted by atomic mass is 15.0. The van der Waals surface area contributed by atoms with Crippen LogP contribution in [-0.2, 0) is 12.0 Å². The summed E-state index contributed by atoms with van der Waals surface area (Å²) < 4.78 is 0. The molecule has 0 aliphatic carbocycles. The molecule has 1 heterocycles. The molecule has 0 aliphatic rings. The highest BCUT2D eigenvalue weighted by molar-refractivity contribution is 5.54. The summed E-state index contributed by atoms with van der Waals surface area (Å²) in [7, 11) is 0. The predicted octanol–water partition coefficient (Wildman–Crippen LogP) is 3.32. The predicted molar refractivity (Wildman–Crippen MR) is 71.1 cm³/mol.